The highest BCUT2D eigenvalue weighted by atomic mass is 16.5. The van der Waals surface area contributed by atoms with E-state index in [1.807, 2.05) is 61.7 Å². The molecule has 4 rings (SSSR count). The van der Waals surface area contributed by atoms with Crippen LogP contribution >= 0.6 is 0 Å². The molecule has 0 bridgehead atoms. The number of hydrogen-bond donors (Lipinski definition) is 0. The Morgan fingerprint density at radius 1 is 0.806 bits per heavy atom. The maximum Gasteiger partial charge on any atom is 0.161 e. The van der Waals surface area contributed by atoms with Gasteiger partial charge in [-0.3, -0.25) is 4.99 Å². The van der Waals surface area contributed by atoms with Gasteiger partial charge in [0.1, 0.15) is 12.4 Å². The minimum atomic E-state index is 0.473. The van der Waals surface area contributed by atoms with E-state index in [9.17, 15) is 0 Å². The third kappa shape index (κ3) is 5.04. The first-order valence-corrected chi connectivity index (χ1v) is 10.3. The number of rotatable bonds is 8. The Labute approximate surface area is 182 Å². The predicted molar refractivity (Wildman–Crippen MR) is 126 cm³/mol. The van der Waals surface area contributed by atoms with Crippen molar-refractivity contribution in [1.29, 1.82) is 0 Å². The summed E-state index contributed by atoms with van der Waals surface area (Å²) in [5.41, 5.74) is 2.94. The summed E-state index contributed by atoms with van der Waals surface area (Å²) >= 11 is 0. The first-order chi connectivity index (χ1) is 15.3. The summed E-state index contributed by atoms with van der Waals surface area (Å²) in [6.07, 6.45) is 1.82. The molecule has 4 aromatic carbocycles. The molecule has 0 aromatic heterocycles. The molecule has 4 aromatic rings. The maximum absolute atomic E-state index is 6.14. The van der Waals surface area contributed by atoms with Crippen LogP contribution in [0.5, 0.6) is 17.2 Å². The van der Waals surface area contributed by atoms with Gasteiger partial charge in [-0.15, -0.1) is 0 Å². The highest BCUT2D eigenvalue weighted by Crippen LogP contribution is 2.30. The third-order valence-electron chi connectivity index (χ3n) is 4.97. The Morgan fingerprint density at radius 3 is 2.42 bits per heavy atom. The first-order valence-electron chi connectivity index (χ1n) is 10.3. The van der Waals surface area contributed by atoms with Gasteiger partial charge in [0.25, 0.3) is 0 Å². The molecule has 0 N–H and O–H groups in total. The number of ether oxygens (including phenoxy) is 3. The third-order valence-corrected chi connectivity index (χ3v) is 4.97. The fourth-order valence-electron chi connectivity index (χ4n) is 3.38. The second kappa shape index (κ2) is 9.81. The van der Waals surface area contributed by atoms with E-state index in [2.05, 4.69) is 41.4 Å². The van der Waals surface area contributed by atoms with Gasteiger partial charge >= 0.3 is 0 Å². The lowest BCUT2D eigenvalue weighted by atomic mass is 10.1. The maximum atomic E-state index is 6.14. The summed E-state index contributed by atoms with van der Waals surface area (Å²) in [6, 6.07) is 28.1. The van der Waals surface area contributed by atoms with E-state index < -0.39 is 0 Å². The second-order valence-corrected chi connectivity index (χ2v) is 7.02. The zero-order valence-electron chi connectivity index (χ0n) is 17.7. The van der Waals surface area contributed by atoms with Crippen LogP contribution in [-0.4, -0.2) is 19.9 Å². The molecular formula is C27H25NO3. The Balaban J connectivity index is 1.52. The average molecular weight is 412 g/mol. The second-order valence-electron chi connectivity index (χ2n) is 7.02. The number of methoxy groups -OCH3 is 1. The molecule has 0 saturated heterocycles. The van der Waals surface area contributed by atoms with Crippen LogP contribution in [0.4, 0.5) is 5.69 Å². The largest absolute Gasteiger partial charge is 0.497 e. The van der Waals surface area contributed by atoms with Gasteiger partial charge in [0.05, 0.1) is 19.4 Å². The van der Waals surface area contributed by atoms with Gasteiger partial charge < -0.3 is 14.2 Å². The molecule has 0 saturated carbocycles. The monoisotopic (exact) mass is 411 g/mol. The van der Waals surface area contributed by atoms with Crippen molar-refractivity contribution in [1.82, 2.24) is 0 Å². The van der Waals surface area contributed by atoms with Crippen LogP contribution in [0.15, 0.2) is 89.9 Å². The standard InChI is InChI=1S/C27H25NO3/c1-3-30-27-17-20(18-28-23-12-14-24(29-2)15-13-23)11-16-26(27)31-19-22-9-6-8-21-7-4-5-10-25(21)22/h4-18H,3,19H2,1-2H3. The number of fused-ring (bicyclic) bond motifs is 1. The molecule has 0 aliphatic rings. The van der Waals surface area contributed by atoms with Crippen LogP contribution < -0.4 is 14.2 Å². The molecule has 0 aliphatic carbocycles. The molecule has 0 unspecified atom stereocenters. The van der Waals surface area contributed by atoms with Crippen molar-refractivity contribution >= 4 is 22.7 Å². The highest BCUT2D eigenvalue weighted by molar-refractivity contribution is 5.85. The van der Waals surface area contributed by atoms with Gasteiger partial charge in [-0.2, -0.15) is 0 Å². The SMILES string of the molecule is CCOc1cc(C=Nc2ccc(OC)cc2)ccc1OCc1cccc2ccccc12. The van der Waals surface area contributed by atoms with Gasteiger partial charge in [0, 0.05) is 6.21 Å². The van der Waals surface area contributed by atoms with Crippen molar-refractivity contribution in [3.8, 4) is 17.2 Å². The van der Waals surface area contributed by atoms with Crippen LogP contribution in [0.3, 0.4) is 0 Å². The van der Waals surface area contributed by atoms with E-state index >= 15 is 0 Å². The minimum Gasteiger partial charge on any atom is -0.497 e. The van der Waals surface area contributed by atoms with Crippen LogP contribution in [0.1, 0.15) is 18.1 Å². The number of benzene rings is 4. The van der Waals surface area contributed by atoms with Gasteiger partial charge in [-0.25, -0.2) is 0 Å². The lowest BCUT2D eigenvalue weighted by molar-refractivity contribution is 0.270. The van der Waals surface area contributed by atoms with Gasteiger partial charge in [-0.1, -0.05) is 42.5 Å². The van der Waals surface area contributed by atoms with E-state index in [1.54, 1.807) is 7.11 Å². The molecule has 0 amide bonds. The predicted octanol–water partition coefficient (Wildman–Crippen LogP) is 6.58. The molecular weight excluding hydrogens is 386 g/mol. The lowest BCUT2D eigenvalue weighted by Crippen LogP contribution is -2.01. The van der Waals surface area contributed by atoms with Crippen molar-refractivity contribution in [3.63, 3.8) is 0 Å². The summed E-state index contributed by atoms with van der Waals surface area (Å²) in [5.74, 6) is 2.24. The van der Waals surface area contributed by atoms with Crippen LogP contribution in [0.25, 0.3) is 10.8 Å². The molecule has 156 valence electrons. The first kappa shape index (κ1) is 20.5. The highest BCUT2D eigenvalue weighted by Gasteiger charge is 2.08. The normalized spacial score (nSPS) is 11.0. The Kier molecular flexibility index (Phi) is 6.48. The smallest absolute Gasteiger partial charge is 0.161 e. The topological polar surface area (TPSA) is 40.0 Å². The Bertz CT molecular complexity index is 1180. The number of aliphatic imine (C=N–C) groups is 1. The molecule has 0 heterocycles. The Hall–Kier alpha value is -3.79. The van der Waals surface area contributed by atoms with Gasteiger partial charge in [0.15, 0.2) is 11.5 Å². The molecule has 0 atom stereocenters. The van der Waals surface area contributed by atoms with E-state index in [0.717, 1.165) is 28.3 Å². The molecule has 4 nitrogen and oxygen atoms in total. The molecule has 0 fully saturated rings. The van der Waals surface area contributed by atoms with Crippen molar-refractivity contribution in [2.75, 3.05) is 13.7 Å². The van der Waals surface area contributed by atoms with Crippen molar-refractivity contribution in [3.05, 3.63) is 96.1 Å². The zero-order valence-corrected chi connectivity index (χ0v) is 17.7. The van der Waals surface area contributed by atoms with Crippen molar-refractivity contribution in [2.45, 2.75) is 13.5 Å². The molecule has 0 spiro atoms. The zero-order chi connectivity index (χ0) is 21.5. The van der Waals surface area contributed by atoms with Gasteiger partial charge in [-0.05, 0) is 71.3 Å². The summed E-state index contributed by atoms with van der Waals surface area (Å²) in [4.78, 5) is 4.53. The Morgan fingerprint density at radius 2 is 1.61 bits per heavy atom. The van der Waals surface area contributed by atoms with Crippen molar-refractivity contribution in [2.24, 2.45) is 4.99 Å². The lowest BCUT2D eigenvalue weighted by Gasteiger charge is -2.13. The quantitative estimate of drug-likeness (QED) is 0.308. The molecule has 4 heteroatoms. The molecule has 0 aliphatic heterocycles. The van der Waals surface area contributed by atoms with Crippen LogP contribution in [-0.2, 0) is 6.61 Å². The number of nitrogens with zero attached hydrogens (tertiary/aromatic N) is 1. The van der Waals surface area contributed by atoms with E-state index in [1.165, 1.54) is 10.8 Å². The summed E-state index contributed by atoms with van der Waals surface area (Å²) in [6.45, 7) is 3.00. The fraction of sp³-hybridized carbons (Fsp3) is 0.148. The summed E-state index contributed by atoms with van der Waals surface area (Å²) in [5, 5.41) is 2.41. The molecule has 0 radical (unpaired) electrons. The fourth-order valence-corrected chi connectivity index (χ4v) is 3.38. The molecule has 31 heavy (non-hydrogen) atoms. The minimum absolute atomic E-state index is 0.473. The average Bonchev–Trinajstić information content (AvgIpc) is 2.82. The van der Waals surface area contributed by atoms with Gasteiger partial charge in [0.2, 0.25) is 0 Å². The van der Waals surface area contributed by atoms with E-state index in [4.69, 9.17) is 14.2 Å². The summed E-state index contributed by atoms with van der Waals surface area (Å²) < 4.78 is 17.2. The van der Waals surface area contributed by atoms with Crippen molar-refractivity contribution < 1.29 is 14.2 Å². The summed E-state index contributed by atoms with van der Waals surface area (Å²) in [7, 11) is 1.65. The van der Waals surface area contributed by atoms with E-state index in [-0.39, 0.29) is 0 Å². The van der Waals surface area contributed by atoms with E-state index in [0.29, 0.717) is 19.0 Å². The van der Waals surface area contributed by atoms with Crippen LogP contribution in [0, 0.1) is 0 Å². The number of hydrogen-bond acceptors (Lipinski definition) is 4. The van der Waals surface area contributed by atoms with Crippen LogP contribution in [0.2, 0.25) is 0 Å².